The summed E-state index contributed by atoms with van der Waals surface area (Å²) in [5.74, 6) is 0.535. The van der Waals surface area contributed by atoms with Crippen molar-refractivity contribution in [3.63, 3.8) is 0 Å². The van der Waals surface area contributed by atoms with Crippen LogP contribution in [0.15, 0.2) is 0 Å². The van der Waals surface area contributed by atoms with Crippen molar-refractivity contribution in [2.24, 2.45) is 5.92 Å². The minimum atomic E-state index is 0.0975. The van der Waals surface area contributed by atoms with Gasteiger partial charge in [0.1, 0.15) is 0 Å². The van der Waals surface area contributed by atoms with Crippen LogP contribution in [0.3, 0.4) is 0 Å². The number of hydrogen-bond donors (Lipinski definition) is 1. The minimum Gasteiger partial charge on any atom is -0.383 e. The van der Waals surface area contributed by atoms with E-state index in [-0.39, 0.29) is 5.91 Å². The minimum absolute atomic E-state index is 0.0975. The summed E-state index contributed by atoms with van der Waals surface area (Å²) < 4.78 is 9.75. The first kappa shape index (κ1) is 9.48. The smallest absolute Gasteiger partial charge is 0.220 e. The average molecular weight is 173 g/mol. The Labute approximate surface area is 72.2 Å². The molecule has 1 rings (SSSR count). The lowest BCUT2D eigenvalue weighted by molar-refractivity contribution is -0.126. The maximum Gasteiger partial charge on any atom is 0.220 e. The highest BCUT2D eigenvalue weighted by Crippen LogP contribution is 2.13. The van der Waals surface area contributed by atoms with E-state index >= 15 is 0 Å². The molecule has 4 heteroatoms. The number of amides is 1. The maximum atomic E-state index is 11.1. The molecule has 1 aliphatic rings. The third-order valence-electron chi connectivity index (χ3n) is 1.81. The lowest BCUT2D eigenvalue weighted by Crippen LogP contribution is -2.35. The van der Waals surface area contributed by atoms with Crippen molar-refractivity contribution in [2.75, 3.05) is 33.5 Å². The summed E-state index contributed by atoms with van der Waals surface area (Å²) in [6.07, 6.45) is 0.587. The van der Waals surface area contributed by atoms with Crippen LogP contribution < -0.4 is 5.32 Å². The van der Waals surface area contributed by atoms with Crippen LogP contribution in [0.25, 0.3) is 0 Å². The molecule has 0 bridgehead atoms. The Kier molecular flexibility index (Phi) is 4.04. The van der Waals surface area contributed by atoms with Gasteiger partial charge in [0.25, 0.3) is 0 Å². The molecule has 0 aromatic carbocycles. The molecular weight excluding hydrogens is 158 g/mol. The molecule has 1 fully saturated rings. The number of ether oxygens (including phenoxy) is 2. The molecule has 1 saturated heterocycles. The zero-order chi connectivity index (χ0) is 8.81. The van der Waals surface area contributed by atoms with Crippen LogP contribution in [0.5, 0.6) is 0 Å². The van der Waals surface area contributed by atoms with Crippen LogP contribution in [-0.2, 0) is 14.3 Å². The van der Waals surface area contributed by atoms with E-state index in [0.717, 1.165) is 13.2 Å². The Hall–Kier alpha value is -0.610. The van der Waals surface area contributed by atoms with Crippen molar-refractivity contribution >= 4 is 5.91 Å². The molecule has 12 heavy (non-hydrogen) atoms. The molecule has 1 N–H and O–H groups in total. The maximum absolute atomic E-state index is 11.1. The van der Waals surface area contributed by atoms with Crippen molar-refractivity contribution in [2.45, 2.75) is 6.42 Å². The second-order valence-electron chi connectivity index (χ2n) is 2.95. The Morgan fingerprint density at radius 3 is 2.92 bits per heavy atom. The van der Waals surface area contributed by atoms with Crippen LogP contribution in [-0.4, -0.2) is 39.4 Å². The van der Waals surface area contributed by atoms with Gasteiger partial charge >= 0.3 is 0 Å². The molecule has 0 unspecified atom stereocenters. The average Bonchev–Trinajstić information content (AvgIpc) is 1.98. The second kappa shape index (κ2) is 5.11. The first-order valence-corrected chi connectivity index (χ1v) is 4.16. The molecule has 0 aromatic heterocycles. The van der Waals surface area contributed by atoms with Crippen molar-refractivity contribution in [3.8, 4) is 0 Å². The first-order chi connectivity index (χ1) is 5.83. The number of nitrogens with one attached hydrogen (secondary N) is 1. The number of carbonyl (C=O) groups excluding carboxylic acids is 1. The third kappa shape index (κ3) is 3.19. The first-order valence-electron chi connectivity index (χ1n) is 4.16. The van der Waals surface area contributed by atoms with Gasteiger partial charge in [-0.1, -0.05) is 0 Å². The molecule has 0 spiro atoms. The molecular formula is C8H15NO3. The molecule has 1 aliphatic heterocycles. The summed E-state index contributed by atoms with van der Waals surface area (Å²) in [4.78, 5) is 11.1. The summed E-state index contributed by atoms with van der Waals surface area (Å²) in [6.45, 7) is 2.64. The summed E-state index contributed by atoms with van der Waals surface area (Å²) in [5, 5.41) is 2.76. The van der Waals surface area contributed by atoms with Gasteiger partial charge in [-0.3, -0.25) is 4.79 Å². The van der Waals surface area contributed by atoms with Gasteiger partial charge in [0, 0.05) is 26.0 Å². The Balaban J connectivity index is 1.95. The van der Waals surface area contributed by atoms with E-state index in [9.17, 15) is 4.79 Å². The number of rotatable bonds is 5. The van der Waals surface area contributed by atoms with Crippen LogP contribution in [0.2, 0.25) is 0 Å². The lowest BCUT2D eigenvalue weighted by atomic mass is 10.0. The van der Waals surface area contributed by atoms with Crippen molar-refractivity contribution in [3.05, 3.63) is 0 Å². The van der Waals surface area contributed by atoms with E-state index in [0.29, 0.717) is 25.5 Å². The number of methoxy groups -OCH3 is 1. The third-order valence-corrected chi connectivity index (χ3v) is 1.81. The second-order valence-corrected chi connectivity index (χ2v) is 2.95. The molecule has 4 nitrogen and oxygen atoms in total. The van der Waals surface area contributed by atoms with E-state index in [1.54, 1.807) is 7.11 Å². The fourth-order valence-corrected chi connectivity index (χ4v) is 1.03. The molecule has 0 aromatic rings. The molecule has 0 saturated carbocycles. The van der Waals surface area contributed by atoms with E-state index < -0.39 is 0 Å². The van der Waals surface area contributed by atoms with Gasteiger partial charge in [0.2, 0.25) is 5.91 Å². The van der Waals surface area contributed by atoms with Crippen molar-refractivity contribution in [1.82, 2.24) is 5.32 Å². The van der Waals surface area contributed by atoms with Crippen LogP contribution in [0.1, 0.15) is 6.42 Å². The largest absolute Gasteiger partial charge is 0.383 e. The highest BCUT2D eigenvalue weighted by atomic mass is 16.5. The highest BCUT2D eigenvalue weighted by molar-refractivity contribution is 5.76. The van der Waals surface area contributed by atoms with Gasteiger partial charge < -0.3 is 14.8 Å². The van der Waals surface area contributed by atoms with Crippen LogP contribution in [0, 0.1) is 5.92 Å². The zero-order valence-corrected chi connectivity index (χ0v) is 7.34. The topological polar surface area (TPSA) is 47.6 Å². The molecule has 0 radical (unpaired) electrons. The van der Waals surface area contributed by atoms with E-state index in [1.807, 2.05) is 0 Å². The molecule has 0 aliphatic carbocycles. The standard InChI is InChI=1S/C8H15NO3/c1-11-3-2-9-8(10)4-7-5-12-6-7/h7H,2-6H2,1H3,(H,9,10). The summed E-state index contributed by atoms with van der Waals surface area (Å²) in [7, 11) is 1.62. The normalized spacial score (nSPS) is 17.1. The predicted octanol–water partition coefficient (Wildman–Crippen LogP) is -0.215. The van der Waals surface area contributed by atoms with E-state index in [4.69, 9.17) is 9.47 Å². The summed E-state index contributed by atoms with van der Waals surface area (Å²) >= 11 is 0. The van der Waals surface area contributed by atoms with E-state index in [2.05, 4.69) is 5.32 Å². The highest BCUT2D eigenvalue weighted by Gasteiger charge is 2.21. The van der Waals surface area contributed by atoms with E-state index in [1.165, 1.54) is 0 Å². The lowest BCUT2D eigenvalue weighted by Gasteiger charge is -2.25. The summed E-state index contributed by atoms with van der Waals surface area (Å²) in [5.41, 5.74) is 0. The van der Waals surface area contributed by atoms with Gasteiger partial charge in [-0.05, 0) is 0 Å². The monoisotopic (exact) mass is 173 g/mol. The van der Waals surface area contributed by atoms with Crippen LogP contribution in [0.4, 0.5) is 0 Å². The van der Waals surface area contributed by atoms with Gasteiger partial charge in [-0.15, -0.1) is 0 Å². The SMILES string of the molecule is COCCNC(=O)CC1COC1. The number of carbonyl (C=O) groups is 1. The fraction of sp³-hybridized carbons (Fsp3) is 0.875. The quantitative estimate of drug-likeness (QED) is 0.585. The van der Waals surface area contributed by atoms with Crippen molar-refractivity contribution < 1.29 is 14.3 Å². The molecule has 1 amide bonds. The number of hydrogen-bond acceptors (Lipinski definition) is 3. The predicted molar refractivity (Wildman–Crippen MR) is 43.8 cm³/mol. The van der Waals surface area contributed by atoms with Crippen molar-refractivity contribution in [1.29, 1.82) is 0 Å². The van der Waals surface area contributed by atoms with Gasteiger partial charge in [-0.25, -0.2) is 0 Å². The van der Waals surface area contributed by atoms with Gasteiger partial charge in [-0.2, -0.15) is 0 Å². The Morgan fingerprint density at radius 2 is 2.42 bits per heavy atom. The molecule has 70 valence electrons. The Morgan fingerprint density at radius 1 is 1.67 bits per heavy atom. The van der Waals surface area contributed by atoms with Gasteiger partial charge in [0.15, 0.2) is 0 Å². The zero-order valence-electron chi connectivity index (χ0n) is 7.34. The summed E-state index contributed by atoms with van der Waals surface area (Å²) in [6, 6.07) is 0. The van der Waals surface area contributed by atoms with Crippen LogP contribution >= 0.6 is 0 Å². The fourth-order valence-electron chi connectivity index (χ4n) is 1.03. The van der Waals surface area contributed by atoms with Gasteiger partial charge in [0.05, 0.1) is 19.8 Å². The molecule has 0 atom stereocenters. The molecule has 1 heterocycles. The Bertz CT molecular complexity index is 145.